The van der Waals surface area contributed by atoms with Crippen molar-refractivity contribution in [2.75, 3.05) is 52.5 Å². The second-order valence-corrected chi connectivity index (χ2v) is 6.81. The van der Waals surface area contributed by atoms with Crippen LogP contribution in [0, 0.1) is 11.8 Å². The molecular formula is C17H26N2O3. The van der Waals surface area contributed by atoms with Crippen molar-refractivity contribution in [1.82, 2.24) is 9.80 Å². The first-order chi connectivity index (χ1) is 10.9. The van der Waals surface area contributed by atoms with E-state index in [0.29, 0.717) is 12.0 Å². The van der Waals surface area contributed by atoms with Gasteiger partial charge in [0.25, 0.3) is 0 Å². The van der Waals surface area contributed by atoms with Crippen molar-refractivity contribution >= 4 is 0 Å². The third kappa shape index (κ3) is 3.23. The van der Waals surface area contributed by atoms with Crippen LogP contribution < -0.4 is 0 Å². The van der Waals surface area contributed by atoms with Crippen molar-refractivity contribution in [3.05, 3.63) is 24.2 Å². The standard InChI is InChI=1S/C17H26N2O3/c1-2-15(21-7-1)11-19-4-3-16-14(10-19)13-22-17(16)12-18-5-8-20-9-6-18/h1-2,7,14,16-17H,3-6,8-13H2/t14-,16+,17-/m0/s1. The fourth-order valence-corrected chi connectivity index (χ4v) is 4.16. The van der Waals surface area contributed by atoms with Gasteiger partial charge in [0.05, 0.1) is 38.7 Å². The second kappa shape index (κ2) is 6.71. The molecule has 0 radical (unpaired) electrons. The van der Waals surface area contributed by atoms with E-state index in [-0.39, 0.29) is 0 Å². The molecule has 0 bridgehead atoms. The van der Waals surface area contributed by atoms with Crippen LogP contribution in [-0.4, -0.2) is 68.4 Å². The summed E-state index contributed by atoms with van der Waals surface area (Å²) < 4.78 is 17.1. The molecule has 3 saturated heterocycles. The lowest BCUT2D eigenvalue weighted by Gasteiger charge is -2.36. The molecule has 1 aromatic rings. The second-order valence-electron chi connectivity index (χ2n) is 6.81. The maximum atomic E-state index is 6.15. The topological polar surface area (TPSA) is 38.1 Å². The molecule has 5 nitrogen and oxygen atoms in total. The van der Waals surface area contributed by atoms with Gasteiger partial charge in [-0.15, -0.1) is 0 Å². The van der Waals surface area contributed by atoms with E-state index in [9.17, 15) is 0 Å². The number of furan rings is 1. The Morgan fingerprint density at radius 1 is 1.14 bits per heavy atom. The van der Waals surface area contributed by atoms with Crippen LogP contribution in [0.4, 0.5) is 0 Å². The number of ether oxygens (including phenoxy) is 2. The van der Waals surface area contributed by atoms with E-state index in [1.807, 2.05) is 6.07 Å². The van der Waals surface area contributed by atoms with Crippen LogP contribution in [0.2, 0.25) is 0 Å². The van der Waals surface area contributed by atoms with Crippen molar-refractivity contribution in [2.24, 2.45) is 11.8 Å². The number of piperidine rings is 1. The lowest BCUT2D eigenvalue weighted by atomic mass is 9.84. The number of morpholine rings is 1. The molecule has 0 saturated carbocycles. The molecule has 4 heterocycles. The lowest BCUT2D eigenvalue weighted by Crippen LogP contribution is -2.45. The van der Waals surface area contributed by atoms with Gasteiger partial charge in [-0.05, 0) is 31.0 Å². The van der Waals surface area contributed by atoms with Gasteiger partial charge in [-0.25, -0.2) is 0 Å². The molecule has 0 spiro atoms. The Kier molecular flexibility index (Phi) is 4.48. The van der Waals surface area contributed by atoms with E-state index >= 15 is 0 Å². The molecule has 1 aromatic heterocycles. The van der Waals surface area contributed by atoms with Gasteiger partial charge in [0.2, 0.25) is 0 Å². The van der Waals surface area contributed by atoms with Crippen LogP contribution in [-0.2, 0) is 16.0 Å². The van der Waals surface area contributed by atoms with Crippen molar-refractivity contribution < 1.29 is 13.9 Å². The molecule has 22 heavy (non-hydrogen) atoms. The van der Waals surface area contributed by atoms with Crippen LogP contribution in [0.5, 0.6) is 0 Å². The first-order valence-corrected chi connectivity index (χ1v) is 8.55. The van der Waals surface area contributed by atoms with Crippen molar-refractivity contribution in [2.45, 2.75) is 19.1 Å². The fraction of sp³-hybridized carbons (Fsp3) is 0.765. The zero-order chi connectivity index (χ0) is 14.8. The lowest BCUT2D eigenvalue weighted by molar-refractivity contribution is -0.00276. The summed E-state index contributed by atoms with van der Waals surface area (Å²) in [4.78, 5) is 5.02. The number of hydrogen-bond donors (Lipinski definition) is 0. The smallest absolute Gasteiger partial charge is 0.117 e. The van der Waals surface area contributed by atoms with Crippen LogP contribution in [0.1, 0.15) is 12.2 Å². The van der Waals surface area contributed by atoms with Gasteiger partial charge in [0.1, 0.15) is 5.76 Å². The van der Waals surface area contributed by atoms with E-state index < -0.39 is 0 Å². The summed E-state index contributed by atoms with van der Waals surface area (Å²) in [6, 6.07) is 4.04. The summed E-state index contributed by atoms with van der Waals surface area (Å²) >= 11 is 0. The van der Waals surface area contributed by atoms with Gasteiger partial charge in [-0.2, -0.15) is 0 Å². The summed E-state index contributed by atoms with van der Waals surface area (Å²) in [5, 5.41) is 0. The maximum Gasteiger partial charge on any atom is 0.117 e. The largest absolute Gasteiger partial charge is 0.468 e. The SMILES string of the molecule is c1coc(CN2CC[C@@H]3[C@H](CO[C@H]3CN3CCOCC3)C2)c1. The molecular weight excluding hydrogens is 280 g/mol. The molecule has 3 aliphatic heterocycles. The Morgan fingerprint density at radius 3 is 2.86 bits per heavy atom. The minimum absolute atomic E-state index is 0.425. The van der Waals surface area contributed by atoms with Crippen LogP contribution in [0.25, 0.3) is 0 Å². The molecule has 0 aliphatic carbocycles. The molecule has 0 N–H and O–H groups in total. The van der Waals surface area contributed by atoms with Crippen LogP contribution >= 0.6 is 0 Å². The molecule has 122 valence electrons. The predicted octanol–water partition coefficient (Wildman–Crippen LogP) is 1.45. The van der Waals surface area contributed by atoms with E-state index in [2.05, 4.69) is 15.9 Å². The first kappa shape index (κ1) is 14.7. The summed E-state index contributed by atoms with van der Waals surface area (Å²) in [6.07, 6.45) is 3.44. The van der Waals surface area contributed by atoms with Gasteiger partial charge in [-0.1, -0.05) is 0 Å². The fourth-order valence-electron chi connectivity index (χ4n) is 4.16. The van der Waals surface area contributed by atoms with Crippen molar-refractivity contribution in [1.29, 1.82) is 0 Å². The Bertz CT molecular complexity index is 458. The number of likely N-dealkylation sites (tertiary alicyclic amines) is 1. The van der Waals surface area contributed by atoms with Gasteiger partial charge in [-0.3, -0.25) is 9.80 Å². The molecule has 0 unspecified atom stereocenters. The quantitative estimate of drug-likeness (QED) is 0.842. The van der Waals surface area contributed by atoms with Crippen LogP contribution in [0.15, 0.2) is 22.8 Å². The Hall–Kier alpha value is -0.880. The van der Waals surface area contributed by atoms with E-state index in [4.69, 9.17) is 13.9 Å². The van der Waals surface area contributed by atoms with Crippen molar-refractivity contribution in [3.63, 3.8) is 0 Å². The molecule has 4 rings (SSSR count). The first-order valence-electron chi connectivity index (χ1n) is 8.55. The van der Waals surface area contributed by atoms with E-state index in [1.165, 1.54) is 6.42 Å². The summed E-state index contributed by atoms with van der Waals surface area (Å²) in [5.41, 5.74) is 0. The molecule has 0 aromatic carbocycles. The van der Waals surface area contributed by atoms with Gasteiger partial charge in [0.15, 0.2) is 0 Å². The highest BCUT2D eigenvalue weighted by Gasteiger charge is 2.41. The third-order valence-electron chi connectivity index (χ3n) is 5.38. The Labute approximate surface area is 132 Å². The third-order valence-corrected chi connectivity index (χ3v) is 5.38. The van der Waals surface area contributed by atoms with Crippen LogP contribution in [0.3, 0.4) is 0 Å². The zero-order valence-electron chi connectivity index (χ0n) is 13.2. The Morgan fingerprint density at radius 2 is 2.05 bits per heavy atom. The minimum Gasteiger partial charge on any atom is -0.468 e. The van der Waals surface area contributed by atoms with E-state index in [1.54, 1.807) is 6.26 Å². The highest BCUT2D eigenvalue weighted by molar-refractivity contribution is 4.99. The molecule has 5 heteroatoms. The summed E-state index contributed by atoms with van der Waals surface area (Å²) in [5.74, 6) is 2.49. The highest BCUT2D eigenvalue weighted by Crippen LogP contribution is 2.35. The summed E-state index contributed by atoms with van der Waals surface area (Å²) in [6.45, 7) is 9.11. The normalized spacial score (nSPS) is 33.9. The number of nitrogens with zero attached hydrogens (tertiary/aromatic N) is 2. The maximum absolute atomic E-state index is 6.15. The van der Waals surface area contributed by atoms with Gasteiger partial charge in [0, 0.05) is 32.1 Å². The monoisotopic (exact) mass is 306 g/mol. The number of hydrogen-bond acceptors (Lipinski definition) is 5. The molecule has 3 atom stereocenters. The van der Waals surface area contributed by atoms with Crippen molar-refractivity contribution in [3.8, 4) is 0 Å². The zero-order valence-corrected chi connectivity index (χ0v) is 13.2. The predicted molar refractivity (Wildman–Crippen MR) is 82.6 cm³/mol. The highest BCUT2D eigenvalue weighted by atomic mass is 16.5. The van der Waals surface area contributed by atoms with Gasteiger partial charge < -0.3 is 13.9 Å². The average molecular weight is 306 g/mol. The summed E-state index contributed by atoms with van der Waals surface area (Å²) in [7, 11) is 0. The molecule has 3 aliphatic rings. The van der Waals surface area contributed by atoms with E-state index in [0.717, 1.165) is 70.8 Å². The van der Waals surface area contributed by atoms with Gasteiger partial charge >= 0.3 is 0 Å². The minimum atomic E-state index is 0.425. The molecule has 3 fully saturated rings. The average Bonchev–Trinajstić information content (AvgIpc) is 3.19. The number of fused-ring (bicyclic) bond motifs is 1. The Balaban J connectivity index is 1.30. The number of rotatable bonds is 4. The molecule has 0 amide bonds.